The largest absolute Gasteiger partial charge is 0.462 e. The van der Waals surface area contributed by atoms with Gasteiger partial charge < -0.3 is 19.5 Å². The van der Waals surface area contributed by atoms with E-state index in [0.29, 0.717) is 18.8 Å². The number of anilines is 1. The normalized spacial score (nSPS) is 13.9. The Kier molecular flexibility index (Phi) is 5.76. The summed E-state index contributed by atoms with van der Waals surface area (Å²) in [4.78, 5) is 42.0. The van der Waals surface area contributed by atoms with Crippen LogP contribution in [-0.4, -0.2) is 59.5 Å². The van der Waals surface area contributed by atoms with Gasteiger partial charge in [-0.25, -0.2) is 9.18 Å². The minimum absolute atomic E-state index is 0.0493. The number of benzene rings is 2. The first kappa shape index (κ1) is 21.3. The first-order chi connectivity index (χ1) is 15.4. The average molecular weight is 440 g/mol. The quantitative estimate of drug-likeness (QED) is 0.370. The van der Waals surface area contributed by atoms with Crippen LogP contribution in [0.2, 0.25) is 0 Å². The van der Waals surface area contributed by atoms with E-state index in [1.165, 1.54) is 0 Å². The molecule has 1 aromatic heterocycles. The fourth-order valence-electron chi connectivity index (χ4n) is 3.87. The van der Waals surface area contributed by atoms with Crippen molar-refractivity contribution in [2.24, 2.45) is 0 Å². The van der Waals surface area contributed by atoms with Crippen LogP contribution in [-0.2, 0) is 4.74 Å². The smallest absolute Gasteiger partial charge is 0.340 e. The van der Waals surface area contributed by atoms with Crippen molar-refractivity contribution in [3.63, 3.8) is 0 Å². The number of nitrogens with one attached hydrogen (secondary N) is 1. The van der Waals surface area contributed by atoms with Crippen LogP contribution in [0.15, 0.2) is 42.5 Å². The van der Waals surface area contributed by atoms with Gasteiger partial charge >= 0.3 is 5.97 Å². The number of aromatic nitrogens is 1. The number of nitrogens with zero attached hydrogens (tertiary/aromatic N) is 3. The Labute approximate surface area is 182 Å². The summed E-state index contributed by atoms with van der Waals surface area (Å²) in [7, 11) is 0. The molecule has 1 saturated heterocycles. The lowest BCUT2D eigenvalue weighted by atomic mass is 10.1. The molecule has 1 aliphatic heterocycles. The van der Waals surface area contributed by atoms with E-state index in [0.717, 1.165) is 23.0 Å². The Morgan fingerprint density at radius 3 is 2.53 bits per heavy atom. The monoisotopic (exact) mass is 440 g/mol. The number of hydrogen-bond acceptors (Lipinski definition) is 6. The number of piperazine rings is 1. The second-order valence-corrected chi connectivity index (χ2v) is 7.35. The summed E-state index contributed by atoms with van der Waals surface area (Å²) in [5.74, 6) is -1.88. The second kappa shape index (κ2) is 8.66. The van der Waals surface area contributed by atoms with Crippen molar-refractivity contribution in [1.82, 2.24) is 9.88 Å². The van der Waals surface area contributed by atoms with Gasteiger partial charge in [0.05, 0.1) is 28.8 Å². The molecule has 0 spiro atoms. The minimum Gasteiger partial charge on any atom is -0.462 e. The van der Waals surface area contributed by atoms with Crippen molar-refractivity contribution in [2.45, 2.75) is 6.92 Å². The minimum atomic E-state index is -0.877. The lowest BCUT2D eigenvalue weighted by molar-refractivity contribution is -0.385. The number of amides is 1. The number of halogens is 1. The molecule has 1 aliphatic rings. The van der Waals surface area contributed by atoms with Gasteiger partial charge in [0, 0.05) is 43.1 Å². The third-order valence-electron chi connectivity index (χ3n) is 5.40. The molecular formula is C22H21FN4O5. The average Bonchev–Trinajstić information content (AvgIpc) is 3.22. The third kappa shape index (κ3) is 3.98. The zero-order chi connectivity index (χ0) is 22.8. The predicted molar refractivity (Wildman–Crippen MR) is 115 cm³/mol. The van der Waals surface area contributed by atoms with Gasteiger partial charge in [-0.2, -0.15) is 0 Å². The molecule has 0 radical (unpaired) electrons. The number of carbonyl (C=O) groups is 2. The zero-order valence-corrected chi connectivity index (χ0v) is 17.3. The number of para-hydroxylation sites is 1. The number of nitro benzene ring substituents is 1. The maximum absolute atomic E-state index is 14.9. The molecule has 0 atom stereocenters. The fraction of sp³-hybridized carbons (Fsp3) is 0.273. The summed E-state index contributed by atoms with van der Waals surface area (Å²) >= 11 is 0. The summed E-state index contributed by atoms with van der Waals surface area (Å²) in [6.07, 6.45) is 0. The van der Waals surface area contributed by atoms with E-state index >= 15 is 0 Å². The third-order valence-corrected chi connectivity index (χ3v) is 5.40. The van der Waals surface area contributed by atoms with Crippen LogP contribution in [0.5, 0.6) is 0 Å². The molecule has 9 nitrogen and oxygen atoms in total. The Hall–Kier alpha value is -3.95. The van der Waals surface area contributed by atoms with Crippen LogP contribution in [0, 0.1) is 15.9 Å². The Morgan fingerprint density at radius 1 is 1.16 bits per heavy atom. The van der Waals surface area contributed by atoms with Gasteiger partial charge in [-0.3, -0.25) is 14.9 Å². The number of hydrogen-bond donors (Lipinski definition) is 1. The van der Waals surface area contributed by atoms with Gasteiger partial charge in [0.2, 0.25) is 0 Å². The van der Waals surface area contributed by atoms with Crippen molar-refractivity contribution < 1.29 is 23.6 Å². The maximum Gasteiger partial charge on any atom is 0.340 e. The number of H-pyrrole nitrogens is 1. The van der Waals surface area contributed by atoms with E-state index < -0.39 is 22.4 Å². The molecule has 0 unspecified atom stereocenters. The number of ether oxygens (including phenoxy) is 1. The van der Waals surface area contributed by atoms with E-state index in [4.69, 9.17) is 4.74 Å². The van der Waals surface area contributed by atoms with Crippen LogP contribution in [0.25, 0.3) is 10.9 Å². The van der Waals surface area contributed by atoms with Gasteiger partial charge in [0.15, 0.2) is 5.82 Å². The highest BCUT2D eigenvalue weighted by atomic mass is 19.1. The van der Waals surface area contributed by atoms with Crippen LogP contribution in [0.4, 0.5) is 15.8 Å². The van der Waals surface area contributed by atoms with Crippen molar-refractivity contribution >= 4 is 34.2 Å². The lowest BCUT2D eigenvalue weighted by Gasteiger charge is -2.36. The topological polar surface area (TPSA) is 109 Å². The fourth-order valence-corrected chi connectivity index (χ4v) is 3.87. The Morgan fingerprint density at radius 2 is 1.88 bits per heavy atom. The van der Waals surface area contributed by atoms with E-state index in [1.807, 2.05) is 24.3 Å². The molecule has 1 fully saturated rings. The molecule has 2 heterocycles. The van der Waals surface area contributed by atoms with E-state index in [2.05, 4.69) is 4.98 Å². The van der Waals surface area contributed by atoms with Crippen LogP contribution in [0.1, 0.15) is 27.8 Å². The molecule has 0 bridgehead atoms. The molecule has 0 saturated carbocycles. The predicted octanol–water partition coefficient (Wildman–Crippen LogP) is 3.35. The number of aromatic amines is 1. The highest BCUT2D eigenvalue weighted by Crippen LogP contribution is 2.31. The summed E-state index contributed by atoms with van der Waals surface area (Å²) in [5.41, 5.74) is 0.553. The highest BCUT2D eigenvalue weighted by Gasteiger charge is 2.30. The van der Waals surface area contributed by atoms with Crippen LogP contribution >= 0.6 is 0 Å². The van der Waals surface area contributed by atoms with Crippen molar-refractivity contribution in [2.75, 3.05) is 37.7 Å². The molecule has 0 aliphatic carbocycles. The SMILES string of the molecule is CCOC(=O)c1cc([N+](=O)[O-])cc(F)c1N1CCN(C(=O)c2cc3ccccc3[nH]2)CC1. The molecular weight excluding hydrogens is 419 g/mol. The molecule has 1 amide bonds. The number of non-ortho nitro benzene ring substituents is 1. The standard InChI is InChI=1S/C22H21FN4O5/c1-2-32-22(29)16-12-15(27(30)31)13-17(23)20(16)25-7-9-26(10-8-25)21(28)19-11-14-5-3-4-6-18(14)24-19/h3-6,11-13,24H,2,7-10H2,1H3. The van der Waals surface area contributed by atoms with Crippen LogP contribution < -0.4 is 4.90 Å². The lowest BCUT2D eigenvalue weighted by Crippen LogP contribution is -2.49. The van der Waals surface area contributed by atoms with Gasteiger partial charge in [0.1, 0.15) is 5.69 Å². The summed E-state index contributed by atoms with van der Waals surface area (Å²) in [6.45, 7) is 2.76. The van der Waals surface area contributed by atoms with E-state index in [-0.39, 0.29) is 36.9 Å². The number of nitro groups is 1. The summed E-state index contributed by atoms with van der Waals surface area (Å²) < 4.78 is 19.8. The molecule has 32 heavy (non-hydrogen) atoms. The first-order valence-electron chi connectivity index (χ1n) is 10.2. The molecule has 3 aromatic rings. The molecule has 1 N–H and O–H groups in total. The first-order valence-corrected chi connectivity index (χ1v) is 10.2. The number of rotatable bonds is 5. The van der Waals surface area contributed by atoms with Gasteiger partial charge in [-0.15, -0.1) is 0 Å². The summed E-state index contributed by atoms with van der Waals surface area (Å²) in [6, 6.07) is 11.2. The maximum atomic E-state index is 14.9. The van der Waals surface area contributed by atoms with Crippen LogP contribution in [0.3, 0.4) is 0 Å². The molecule has 4 rings (SSSR count). The zero-order valence-electron chi connectivity index (χ0n) is 17.3. The highest BCUT2D eigenvalue weighted by molar-refractivity contribution is 5.99. The van der Waals surface area contributed by atoms with Gasteiger partial charge in [0.25, 0.3) is 11.6 Å². The van der Waals surface area contributed by atoms with Gasteiger partial charge in [-0.05, 0) is 19.1 Å². The Bertz CT molecular complexity index is 1170. The Balaban J connectivity index is 1.55. The molecule has 10 heteroatoms. The van der Waals surface area contributed by atoms with Gasteiger partial charge in [-0.1, -0.05) is 18.2 Å². The van der Waals surface area contributed by atoms with Crippen molar-refractivity contribution in [1.29, 1.82) is 0 Å². The summed E-state index contributed by atoms with van der Waals surface area (Å²) in [5, 5.41) is 12.0. The number of fused-ring (bicyclic) bond motifs is 1. The van der Waals surface area contributed by atoms with E-state index in [9.17, 15) is 24.1 Å². The van der Waals surface area contributed by atoms with Crippen molar-refractivity contribution in [3.8, 4) is 0 Å². The van der Waals surface area contributed by atoms with E-state index in [1.54, 1.807) is 22.8 Å². The second-order valence-electron chi connectivity index (χ2n) is 7.35. The van der Waals surface area contributed by atoms with Crippen molar-refractivity contribution in [3.05, 3.63) is 69.7 Å². The number of carbonyl (C=O) groups excluding carboxylic acids is 2. The molecule has 2 aromatic carbocycles. The molecule has 166 valence electrons. The number of esters is 1.